The highest BCUT2D eigenvalue weighted by Crippen LogP contribution is 2.28. The molecule has 0 atom stereocenters. The van der Waals surface area contributed by atoms with Gasteiger partial charge in [0.05, 0.1) is 6.54 Å². The Morgan fingerprint density at radius 2 is 2.00 bits per heavy atom. The molecule has 138 valence electrons. The van der Waals surface area contributed by atoms with Gasteiger partial charge in [-0.1, -0.05) is 41.9 Å². The lowest BCUT2D eigenvalue weighted by molar-refractivity contribution is 0.289. The Balaban J connectivity index is 1.45. The van der Waals surface area contributed by atoms with Crippen molar-refractivity contribution >= 4 is 17.3 Å². The molecule has 0 spiro atoms. The molecule has 0 saturated carbocycles. The van der Waals surface area contributed by atoms with E-state index in [9.17, 15) is 4.79 Å². The van der Waals surface area contributed by atoms with Crippen molar-refractivity contribution in [2.75, 3.05) is 11.4 Å². The van der Waals surface area contributed by atoms with E-state index in [-0.39, 0.29) is 17.8 Å². The molecule has 0 amide bonds. The number of benzene rings is 2. The topological polar surface area (TPSA) is 42.7 Å². The molecule has 0 saturated heterocycles. The van der Waals surface area contributed by atoms with Crippen LogP contribution < -0.4 is 15.1 Å². The third kappa shape index (κ3) is 4.17. The van der Waals surface area contributed by atoms with E-state index in [1.165, 1.54) is 23.6 Å². The molecule has 0 unspecified atom stereocenters. The van der Waals surface area contributed by atoms with E-state index in [0.717, 1.165) is 24.9 Å². The summed E-state index contributed by atoms with van der Waals surface area (Å²) in [6.45, 7) is 1.79. The summed E-state index contributed by atoms with van der Waals surface area (Å²) in [5, 5.41) is 0.639. The fourth-order valence-corrected chi connectivity index (χ4v) is 3.59. The first kappa shape index (κ1) is 17.7. The van der Waals surface area contributed by atoms with Gasteiger partial charge in [0.1, 0.15) is 18.6 Å². The molecule has 2 heterocycles. The van der Waals surface area contributed by atoms with Crippen molar-refractivity contribution in [1.82, 2.24) is 0 Å². The van der Waals surface area contributed by atoms with Gasteiger partial charge in [0.25, 0.3) is 0 Å². The lowest BCUT2D eigenvalue weighted by Crippen LogP contribution is -2.29. The molecule has 0 aliphatic carbocycles. The Bertz CT molecular complexity index is 999. The minimum atomic E-state index is -0.177. The maximum atomic E-state index is 12.4. The van der Waals surface area contributed by atoms with Crippen LogP contribution in [0.25, 0.3) is 0 Å². The predicted octanol–water partition coefficient (Wildman–Crippen LogP) is 4.83. The normalized spacial score (nSPS) is 13.3. The molecule has 0 fully saturated rings. The summed E-state index contributed by atoms with van der Waals surface area (Å²) < 4.78 is 11.3. The lowest BCUT2D eigenvalue weighted by Gasteiger charge is -2.30. The lowest BCUT2D eigenvalue weighted by atomic mass is 10.0. The monoisotopic (exact) mass is 381 g/mol. The van der Waals surface area contributed by atoms with E-state index in [1.807, 2.05) is 24.3 Å². The summed E-state index contributed by atoms with van der Waals surface area (Å²) in [7, 11) is 0. The second kappa shape index (κ2) is 7.89. The van der Waals surface area contributed by atoms with Crippen molar-refractivity contribution in [3.63, 3.8) is 0 Å². The minimum Gasteiger partial charge on any atom is -0.482 e. The zero-order valence-corrected chi connectivity index (χ0v) is 15.6. The summed E-state index contributed by atoms with van der Waals surface area (Å²) in [5.41, 5.74) is 3.28. The first-order valence-electron chi connectivity index (χ1n) is 9.01. The van der Waals surface area contributed by atoms with E-state index in [2.05, 4.69) is 23.1 Å². The Labute approximate surface area is 163 Å². The van der Waals surface area contributed by atoms with Crippen LogP contribution in [0.3, 0.4) is 0 Å². The second-order valence-electron chi connectivity index (χ2n) is 6.65. The van der Waals surface area contributed by atoms with Gasteiger partial charge in [0, 0.05) is 23.3 Å². The number of para-hydroxylation sites is 1. The summed E-state index contributed by atoms with van der Waals surface area (Å²) in [6.07, 6.45) is 3.59. The van der Waals surface area contributed by atoms with Gasteiger partial charge in [-0.25, -0.2) is 0 Å². The van der Waals surface area contributed by atoms with Gasteiger partial charge >= 0.3 is 0 Å². The number of hydrogen-bond acceptors (Lipinski definition) is 4. The average Bonchev–Trinajstić information content (AvgIpc) is 2.68. The smallest absolute Gasteiger partial charge is 0.227 e. The number of anilines is 1. The predicted molar refractivity (Wildman–Crippen MR) is 107 cm³/mol. The highest BCUT2D eigenvalue weighted by molar-refractivity contribution is 6.30. The number of halogens is 1. The molecule has 0 N–H and O–H groups in total. The Morgan fingerprint density at radius 1 is 1.11 bits per heavy atom. The standard InChI is InChI=1S/C22H20ClNO3/c23-18-8-3-5-16(11-18)14-27-22-15-26-19(12-21(22)25)13-24-10-4-7-17-6-1-2-9-20(17)24/h1-3,5-6,8-9,11-12,15H,4,7,10,13-14H2. The third-order valence-electron chi connectivity index (χ3n) is 4.69. The summed E-state index contributed by atoms with van der Waals surface area (Å²) >= 11 is 5.97. The van der Waals surface area contributed by atoms with Crippen LogP contribution in [-0.4, -0.2) is 6.54 Å². The van der Waals surface area contributed by atoms with Crippen molar-refractivity contribution in [1.29, 1.82) is 0 Å². The molecule has 4 nitrogen and oxygen atoms in total. The van der Waals surface area contributed by atoms with Crippen LogP contribution in [0.2, 0.25) is 5.02 Å². The quantitative estimate of drug-likeness (QED) is 0.635. The van der Waals surface area contributed by atoms with Crippen molar-refractivity contribution in [2.24, 2.45) is 0 Å². The third-order valence-corrected chi connectivity index (χ3v) is 4.92. The molecule has 4 rings (SSSR count). The maximum absolute atomic E-state index is 12.4. The van der Waals surface area contributed by atoms with Gasteiger partial charge in [-0.15, -0.1) is 0 Å². The number of rotatable bonds is 5. The Morgan fingerprint density at radius 3 is 2.85 bits per heavy atom. The van der Waals surface area contributed by atoms with Crippen molar-refractivity contribution in [3.05, 3.63) is 93.0 Å². The fraction of sp³-hybridized carbons (Fsp3) is 0.227. The molecule has 1 aliphatic heterocycles. The van der Waals surface area contributed by atoms with Crippen molar-refractivity contribution < 1.29 is 9.15 Å². The van der Waals surface area contributed by atoms with Gasteiger partial charge in [0.15, 0.2) is 0 Å². The van der Waals surface area contributed by atoms with Crippen LogP contribution in [0.1, 0.15) is 23.3 Å². The minimum absolute atomic E-state index is 0.177. The van der Waals surface area contributed by atoms with E-state index in [1.54, 1.807) is 6.07 Å². The number of ether oxygens (including phenoxy) is 1. The van der Waals surface area contributed by atoms with Crippen LogP contribution in [-0.2, 0) is 19.6 Å². The molecule has 27 heavy (non-hydrogen) atoms. The summed E-state index contributed by atoms with van der Waals surface area (Å²) in [6, 6.07) is 17.3. The van der Waals surface area contributed by atoms with E-state index in [4.69, 9.17) is 20.8 Å². The first-order chi connectivity index (χ1) is 13.2. The zero-order chi connectivity index (χ0) is 18.6. The van der Waals surface area contributed by atoms with E-state index >= 15 is 0 Å². The Hall–Kier alpha value is -2.72. The molecule has 5 heteroatoms. The number of fused-ring (bicyclic) bond motifs is 1. The molecule has 1 aromatic heterocycles. The van der Waals surface area contributed by atoms with Crippen LogP contribution in [0.5, 0.6) is 5.75 Å². The molecule has 0 radical (unpaired) electrons. The van der Waals surface area contributed by atoms with Crippen molar-refractivity contribution in [2.45, 2.75) is 26.0 Å². The van der Waals surface area contributed by atoms with Gasteiger partial charge < -0.3 is 14.1 Å². The highest BCUT2D eigenvalue weighted by atomic mass is 35.5. The van der Waals surface area contributed by atoms with Crippen LogP contribution in [0.4, 0.5) is 5.69 Å². The number of hydrogen-bond donors (Lipinski definition) is 0. The van der Waals surface area contributed by atoms with Gasteiger partial charge in [0.2, 0.25) is 11.2 Å². The van der Waals surface area contributed by atoms with Crippen LogP contribution >= 0.6 is 11.6 Å². The maximum Gasteiger partial charge on any atom is 0.227 e. The molecule has 2 aromatic carbocycles. The molecule has 0 bridgehead atoms. The average molecular weight is 382 g/mol. The summed E-state index contributed by atoms with van der Waals surface area (Å²) in [4.78, 5) is 14.6. The van der Waals surface area contributed by atoms with E-state index < -0.39 is 0 Å². The largest absolute Gasteiger partial charge is 0.482 e. The van der Waals surface area contributed by atoms with Crippen LogP contribution in [0, 0.1) is 0 Å². The van der Waals surface area contributed by atoms with Crippen molar-refractivity contribution in [3.8, 4) is 5.75 Å². The molecule has 3 aromatic rings. The van der Waals surface area contributed by atoms with Crippen LogP contribution in [0.15, 0.2) is 70.1 Å². The second-order valence-corrected chi connectivity index (χ2v) is 7.08. The van der Waals surface area contributed by atoms with Gasteiger partial charge in [-0.2, -0.15) is 0 Å². The van der Waals surface area contributed by atoms with Gasteiger partial charge in [-0.3, -0.25) is 4.79 Å². The van der Waals surface area contributed by atoms with Gasteiger partial charge in [-0.05, 0) is 42.2 Å². The molecular weight excluding hydrogens is 362 g/mol. The molecule has 1 aliphatic rings. The summed E-state index contributed by atoms with van der Waals surface area (Å²) in [5.74, 6) is 0.838. The highest BCUT2D eigenvalue weighted by Gasteiger charge is 2.17. The first-order valence-corrected chi connectivity index (χ1v) is 9.39. The molecular formula is C22H20ClNO3. The fourth-order valence-electron chi connectivity index (χ4n) is 3.38. The number of aryl methyl sites for hydroxylation is 1. The number of nitrogens with zero attached hydrogens (tertiary/aromatic N) is 1. The SMILES string of the molecule is O=c1cc(CN2CCCc3ccccc32)occ1OCc1cccc(Cl)c1. The zero-order valence-electron chi connectivity index (χ0n) is 14.9. The van der Waals surface area contributed by atoms with E-state index in [0.29, 0.717) is 17.3 Å². The Kier molecular flexibility index (Phi) is 5.16.